The van der Waals surface area contributed by atoms with Crippen LogP contribution in [0, 0.1) is 13.8 Å². The number of benzene rings is 2. The molecule has 2 amide bonds. The van der Waals surface area contributed by atoms with E-state index in [1.54, 1.807) is 0 Å². The molecule has 0 saturated heterocycles. The van der Waals surface area contributed by atoms with E-state index in [2.05, 4.69) is 36.9 Å². The normalized spacial score (nSPS) is 16.4. The van der Waals surface area contributed by atoms with Crippen molar-refractivity contribution in [1.29, 1.82) is 0 Å². The SMILES string of the molecule is CCCCCCN1C(=O)C(c2ccc(C)cc2C)=C(N2CCCc3ccccc32)C1=O. The van der Waals surface area contributed by atoms with E-state index < -0.39 is 0 Å². The van der Waals surface area contributed by atoms with Gasteiger partial charge in [-0.1, -0.05) is 68.1 Å². The van der Waals surface area contributed by atoms with E-state index >= 15 is 0 Å². The standard InChI is InChI=1S/C27H32N2O2/c1-4-5-6-9-16-29-26(30)24(22-15-14-19(2)18-20(22)3)25(27(29)31)28-17-10-12-21-11-7-8-13-23(21)28/h7-8,11,13-15,18H,4-6,9-10,12,16-17H2,1-3H3. The van der Waals surface area contributed by atoms with Gasteiger partial charge in [0.25, 0.3) is 11.8 Å². The van der Waals surface area contributed by atoms with Gasteiger partial charge in [-0.05, 0) is 55.9 Å². The van der Waals surface area contributed by atoms with Crippen LogP contribution in [0.1, 0.15) is 61.3 Å². The van der Waals surface area contributed by atoms with Gasteiger partial charge >= 0.3 is 0 Å². The molecule has 0 fully saturated rings. The van der Waals surface area contributed by atoms with Crippen LogP contribution in [0.3, 0.4) is 0 Å². The van der Waals surface area contributed by atoms with Crippen molar-refractivity contribution in [2.24, 2.45) is 0 Å². The predicted octanol–water partition coefficient (Wildman–Crippen LogP) is 5.42. The minimum Gasteiger partial charge on any atom is -0.336 e. The Morgan fingerprint density at radius 3 is 2.52 bits per heavy atom. The zero-order valence-corrected chi connectivity index (χ0v) is 18.9. The smallest absolute Gasteiger partial charge is 0.278 e. The van der Waals surface area contributed by atoms with Crippen molar-refractivity contribution in [1.82, 2.24) is 4.90 Å². The summed E-state index contributed by atoms with van der Waals surface area (Å²) >= 11 is 0. The molecule has 2 aliphatic heterocycles. The first-order valence-electron chi connectivity index (χ1n) is 11.6. The highest BCUT2D eigenvalue weighted by Gasteiger charge is 2.42. The number of para-hydroxylation sites is 1. The number of fused-ring (bicyclic) bond motifs is 1. The number of anilines is 1. The lowest BCUT2D eigenvalue weighted by Gasteiger charge is -2.32. The number of amides is 2. The number of nitrogens with zero attached hydrogens (tertiary/aromatic N) is 2. The summed E-state index contributed by atoms with van der Waals surface area (Å²) in [6, 6.07) is 14.4. The second-order valence-corrected chi connectivity index (χ2v) is 8.75. The topological polar surface area (TPSA) is 40.6 Å². The number of hydrogen-bond donors (Lipinski definition) is 0. The van der Waals surface area contributed by atoms with Crippen molar-refractivity contribution in [3.8, 4) is 0 Å². The number of hydrogen-bond acceptors (Lipinski definition) is 3. The summed E-state index contributed by atoms with van der Waals surface area (Å²) in [6.07, 6.45) is 6.12. The molecule has 0 saturated carbocycles. The number of unbranched alkanes of at least 4 members (excludes halogenated alkanes) is 3. The van der Waals surface area contributed by atoms with Crippen LogP contribution in [0.25, 0.3) is 5.57 Å². The quantitative estimate of drug-likeness (QED) is 0.447. The Balaban J connectivity index is 1.80. The first-order chi connectivity index (χ1) is 15.0. The molecule has 0 radical (unpaired) electrons. The highest BCUT2D eigenvalue weighted by molar-refractivity contribution is 6.37. The molecule has 0 aromatic heterocycles. The fraction of sp³-hybridized carbons (Fsp3) is 0.407. The van der Waals surface area contributed by atoms with Gasteiger partial charge in [0.05, 0.1) is 5.57 Å². The van der Waals surface area contributed by atoms with Gasteiger partial charge in [-0.3, -0.25) is 14.5 Å². The summed E-state index contributed by atoms with van der Waals surface area (Å²) in [6.45, 7) is 7.49. The van der Waals surface area contributed by atoms with Crippen molar-refractivity contribution in [3.05, 3.63) is 70.4 Å². The summed E-state index contributed by atoms with van der Waals surface area (Å²) in [5, 5.41) is 0. The van der Waals surface area contributed by atoms with Crippen molar-refractivity contribution in [2.45, 2.75) is 59.3 Å². The molecule has 0 N–H and O–H groups in total. The lowest BCUT2D eigenvalue weighted by molar-refractivity contribution is -0.137. The second-order valence-electron chi connectivity index (χ2n) is 8.75. The highest BCUT2D eigenvalue weighted by Crippen LogP contribution is 2.38. The Hall–Kier alpha value is -2.88. The Labute approximate surface area is 185 Å². The summed E-state index contributed by atoms with van der Waals surface area (Å²) in [5.74, 6) is -0.292. The van der Waals surface area contributed by atoms with Gasteiger partial charge in [0.1, 0.15) is 5.70 Å². The Morgan fingerprint density at radius 2 is 1.74 bits per heavy atom. The molecule has 2 heterocycles. The van der Waals surface area contributed by atoms with Crippen LogP contribution in [0.15, 0.2) is 48.2 Å². The first-order valence-corrected chi connectivity index (χ1v) is 11.6. The molecule has 0 spiro atoms. The number of carbonyl (C=O) groups is 2. The zero-order chi connectivity index (χ0) is 22.0. The molecule has 2 aromatic rings. The molecule has 2 aromatic carbocycles. The third-order valence-electron chi connectivity index (χ3n) is 6.41. The predicted molar refractivity (Wildman–Crippen MR) is 126 cm³/mol. The minimum absolute atomic E-state index is 0.145. The van der Waals surface area contributed by atoms with Crippen molar-refractivity contribution in [3.63, 3.8) is 0 Å². The third-order valence-corrected chi connectivity index (χ3v) is 6.41. The van der Waals surface area contributed by atoms with Crippen LogP contribution in [0.5, 0.6) is 0 Å². The van der Waals surface area contributed by atoms with Gasteiger partial charge in [-0.2, -0.15) is 0 Å². The lowest BCUT2D eigenvalue weighted by atomic mass is 9.95. The van der Waals surface area contributed by atoms with Crippen LogP contribution in [0.4, 0.5) is 5.69 Å². The Morgan fingerprint density at radius 1 is 0.935 bits per heavy atom. The molecule has 4 heteroatoms. The average molecular weight is 417 g/mol. The van der Waals surface area contributed by atoms with Crippen molar-refractivity contribution < 1.29 is 9.59 Å². The lowest BCUT2D eigenvalue weighted by Crippen LogP contribution is -2.37. The fourth-order valence-electron chi connectivity index (χ4n) is 4.82. The van der Waals surface area contributed by atoms with E-state index in [-0.39, 0.29) is 11.8 Å². The van der Waals surface area contributed by atoms with E-state index in [1.165, 1.54) is 10.5 Å². The van der Waals surface area contributed by atoms with E-state index in [4.69, 9.17) is 0 Å². The van der Waals surface area contributed by atoms with Crippen LogP contribution in [0.2, 0.25) is 0 Å². The monoisotopic (exact) mass is 416 g/mol. The molecule has 0 unspecified atom stereocenters. The van der Waals surface area contributed by atoms with Crippen LogP contribution in [-0.2, 0) is 16.0 Å². The van der Waals surface area contributed by atoms with E-state index in [9.17, 15) is 9.59 Å². The van der Waals surface area contributed by atoms with E-state index in [1.807, 2.05) is 31.2 Å². The van der Waals surface area contributed by atoms with Gasteiger partial charge in [0.2, 0.25) is 0 Å². The molecule has 31 heavy (non-hydrogen) atoms. The Kier molecular flexibility index (Phi) is 6.26. The molecule has 4 rings (SSSR count). The molecule has 4 nitrogen and oxygen atoms in total. The van der Waals surface area contributed by atoms with Gasteiger partial charge in [-0.25, -0.2) is 0 Å². The molecule has 162 valence electrons. The second kappa shape index (κ2) is 9.09. The van der Waals surface area contributed by atoms with Crippen molar-refractivity contribution >= 4 is 23.1 Å². The Bertz CT molecular complexity index is 1040. The summed E-state index contributed by atoms with van der Waals surface area (Å²) in [5.41, 5.74) is 6.47. The number of aryl methyl sites for hydroxylation is 3. The van der Waals surface area contributed by atoms with Crippen LogP contribution < -0.4 is 4.90 Å². The van der Waals surface area contributed by atoms with Gasteiger partial charge in [-0.15, -0.1) is 0 Å². The summed E-state index contributed by atoms with van der Waals surface area (Å²) in [4.78, 5) is 30.8. The maximum atomic E-state index is 13.7. The molecule has 2 aliphatic rings. The molecular formula is C27H32N2O2. The fourth-order valence-corrected chi connectivity index (χ4v) is 4.82. The highest BCUT2D eigenvalue weighted by atomic mass is 16.2. The number of rotatable bonds is 7. The summed E-state index contributed by atoms with van der Waals surface area (Å²) in [7, 11) is 0. The van der Waals surface area contributed by atoms with Gasteiger partial charge in [0.15, 0.2) is 0 Å². The molecule has 0 atom stereocenters. The average Bonchev–Trinajstić information content (AvgIpc) is 3.00. The zero-order valence-electron chi connectivity index (χ0n) is 18.9. The van der Waals surface area contributed by atoms with E-state index in [0.29, 0.717) is 17.8 Å². The molecule has 0 bridgehead atoms. The first kappa shape index (κ1) is 21.4. The molecular weight excluding hydrogens is 384 g/mol. The van der Waals surface area contributed by atoms with E-state index in [0.717, 1.165) is 67.4 Å². The largest absolute Gasteiger partial charge is 0.336 e. The molecule has 0 aliphatic carbocycles. The summed E-state index contributed by atoms with van der Waals surface area (Å²) < 4.78 is 0. The van der Waals surface area contributed by atoms with Crippen LogP contribution >= 0.6 is 0 Å². The maximum absolute atomic E-state index is 13.7. The maximum Gasteiger partial charge on any atom is 0.278 e. The van der Waals surface area contributed by atoms with Crippen molar-refractivity contribution in [2.75, 3.05) is 18.0 Å². The van der Waals surface area contributed by atoms with Gasteiger partial charge < -0.3 is 4.90 Å². The number of imide groups is 1. The minimum atomic E-state index is -0.147. The number of carbonyl (C=O) groups excluding carboxylic acids is 2. The van der Waals surface area contributed by atoms with Crippen LogP contribution in [-0.4, -0.2) is 29.8 Å². The third kappa shape index (κ3) is 4.04. The van der Waals surface area contributed by atoms with Gasteiger partial charge in [0, 0.05) is 18.8 Å².